The van der Waals surface area contributed by atoms with E-state index in [0.29, 0.717) is 31.0 Å². The van der Waals surface area contributed by atoms with Crippen LogP contribution in [-0.4, -0.2) is 42.1 Å². The molecular weight excluding hydrogens is 309 g/mol. The molecule has 0 atom stereocenters. The molecule has 9 nitrogen and oxygen atoms in total. The van der Waals surface area contributed by atoms with Gasteiger partial charge in [-0.15, -0.1) is 0 Å². The fourth-order valence-corrected chi connectivity index (χ4v) is 2.60. The van der Waals surface area contributed by atoms with Crippen molar-refractivity contribution < 1.29 is 23.6 Å². The number of halogens is 1. The van der Waals surface area contributed by atoms with Crippen molar-refractivity contribution in [1.29, 1.82) is 0 Å². The predicted octanol–water partition coefficient (Wildman–Crippen LogP) is -0.550. The first-order chi connectivity index (χ1) is 10.9. The third kappa shape index (κ3) is 2.32. The normalized spacial score (nSPS) is 15.1. The number of carbonyl (C=O) groups excluding carboxylic acids is 1. The van der Waals surface area contributed by atoms with Gasteiger partial charge in [-0.25, -0.2) is 4.39 Å². The van der Waals surface area contributed by atoms with E-state index in [1.165, 1.54) is 6.07 Å². The van der Waals surface area contributed by atoms with E-state index in [1.54, 1.807) is 4.90 Å². The molecule has 122 valence electrons. The number of primary amides is 1. The number of rotatable bonds is 2. The molecule has 1 aromatic carbocycles. The van der Waals surface area contributed by atoms with Crippen LogP contribution in [0.2, 0.25) is 0 Å². The van der Waals surface area contributed by atoms with Crippen molar-refractivity contribution in [2.45, 2.75) is 0 Å². The van der Waals surface area contributed by atoms with Gasteiger partial charge in [0.25, 0.3) is 5.91 Å². The summed E-state index contributed by atoms with van der Waals surface area (Å²) in [6.07, 6.45) is 0. The minimum Gasteiger partial charge on any atom is -0.427 e. The van der Waals surface area contributed by atoms with Crippen LogP contribution in [0.1, 0.15) is 10.5 Å². The summed E-state index contributed by atoms with van der Waals surface area (Å²) in [6.45, 7) is 1.82. The molecule has 0 spiro atoms. The van der Waals surface area contributed by atoms with E-state index < -0.39 is 23.2 Å². The second kappa shape index (κ2) is 5.39. The molecule has 5 N–H and O–H groups in total. The third-order valence-electron chi connectivity index (χ3n) is 3.75. The van der Waals surface area contributed by atoms with Gasteiger partial charge in [-0.2, -0.15) is 4.73 Å². The standard InChI is InChI=1S/C13H14FN5O4/c14-7-5-9-10(6-8(7)17-1-3-23-4-2-17)19(22)12(15)11(13(16)20)18(9)21/h5-6,21H,1-4H2,(H3-,15,16,20)/p+1. The zero-order valence-electron chi connectivity index (χ0n) is 12.0. The first-order valence-corrected chi connectivity index (χ1v) is 6.84. The maximum atomic E-state index is 14.4. The minimum atomic E-state index is -1.10. The fraction of sp³-hybridized carbons (Fsp3) is 0.308. The van der Waals surface area contributed by atoms with Crippen LogP contribution in [-0.2, 0) is 4.74 Å². The summed E-state index contributed by atoms with van der Waals surface area (Å²) in [6, 6.07) is 2.23. The molecule has 0 bridgehead atoms. The molecule has 1 amide bonds. The molecule has 1 aliphatic heterocycles. The number of nitrogen functional groups attached to an aromatic ring is 1. The number of anilines is 2. The Bertz CT molecular complexity index is 860. The van der Waals surface area contributed by atoms with Gasteiger partial charge in [-0.05, 0) is 0 Å². The van der Waals surface area contributed by atoms with E-state index in [2.05, 4.69) is 0 Å². The molecule has 3 rings (SSSR count). The predicted molar refractivity (Wildman–Crippen MR) is 78.4 cm³/mol. The zero-order chi connectivity index (χ0) is 16.7. The van der Waals surface area contributed by atoms with Crippen molar-refractivity contribution in [3.05, 3.63) is 28.6 Å². The Balaban J connectivity index is 2.28. The average molecular weight is 324 g/mol. The largest absolute Gasteiger partial charge is 0.427 e. The Morgan fingerprint density at radius 2 is 2.00 bits per heavy atom. The van der Waals surface area contributed by atoms with E-state index >= 15 is 0 Å². The van der Waals surface area contributed by atoms with Crippen LogP contribution in [0.4, 0.5) is 15.9 Å². The van der Waals surface area contributed by atoms with Gasteiger partial charge in [0.05, 0.1) is 18.9 Å². The first kappa shape index (κ1) is 15.0. The topological polar surface area (TPSA) is 130 Å². The average Bonchev–Trinajstić information content (AvgIpc) is 2.53. The number of aromatic nitrogens is 2. The summed E-state index contributed by atoms with van der Waals surface area (Å²) in [5.41, 5.74) is 9.94. The summed E-state index contributed by atoms with van der Waals surface area (Å²) in [5.74, 6) is -2.32. The molecule has 1 saturated heterocycles. The number of nitrogens with two attached hydrogens (primary N) is 2. The number of fused-ring (bicyclic) bond motifs is 1. The quantitative estimate of drug-likeness (QED) is 0.502. The van der Waals surface area contributed by atoms with Crippen molar-refractivity contribution in [3.8, 4) is 0 Å². The van der Waals surface area contributed by atoms with E-state index in [9.17, 15) is 19.3 Å². The number of benzene rings is 1. The zero-order valence-corrected chi connectivity index (χ0v) is 12.0. The van der Waals surface area contributed by atoms with Crippen molar-refractivity contribution >= 4 is 28.4 Å². The SMILES string of the molecule is NC(=O)c1c(N)[n+](=O)c2cc(N3CCOCC3)c(F)cc2n1O. The number of morpholine rings is 1. The van der Waals surface area contributed by atoms with E-state index in [0.717, 1.165) is 6.07 Å². The van der Waals surface area contributed by atoms with Crippen molar-refractivity contribution in [1.82, 2.24) is 4.73 Å². The Kier molecular flexibility index (Phi) is 3.52. The molecule has 1 fully saturated rings. The first-order valence-electron chi connectivity index (χ1n) is 6.84. The van der Waals surface area contributed by atoms with Crippen molar-refractivity contribution in [3.63, 3.8) is 0 Å². The Hall–Kier alpha value is -2.88. The lowest BCUT2D eigenvalue weighted by atomic mass is 10.2. The molecule has 0 aliphatic carbocycles. The van der Waals surface area contributed by atoms with Gasteiger partial charge in [0.15, 0.2) is 0 Å². The highest BCUT2D eigenvalue weighted by Gasteiger charge is 2.27. The van der Waals surface area contributed by atoms with Gasteiger partial charge in [-0.1, -0.05) is 4.91 Å². The molecule has 0 radical (unpaired) electrons. The van der Waals surface area contributed by atoms with Crippen molar-refractivity contribution in [2.75, 3.05) is 36.9 Å². The lowest BCUT2D eigenvalue weighted by molar-refractivity contribution is -0.448. The van der Waals surface area contributed by atoms with Gasteiger partial charge in [0.1, 0.15) is 11.3 Å². The summed E-state index contributed by atoms with van der Waals surface area (Å²) < 4.78 is 20.2. The van der Waals surface area contributed by atoms with Gasteiger partial charge in [0, 0.05) is 29.6 Å². The van der Waals surface area contributed by atoms with Crippen LogP contribution in [0, 0.1) is 10.7 Å². The van der Waals surface area contributed by atoms with Gasteiger partial charge < -0.3 is 20.6 Å². The molecule has 0 unspecified atom stereocenters. The van der Waals surface area contributed by atoms with E-state index in [1.807, 2.05) is 0 Å². The van der Waals surface area contributed by atoms with Crippen LogP contribution < -0.4 is 20.8 Å². The second-order valence-electron chi connectivity index (χ2n) is 5.10. The lowest BCUT2D eigenvalue weighted by Crippen LogP contribution is -2.37. The molecule has 23 heavy (non-hydrogen) atoms. The summed E-state index contributed by atoms with van der Waals surface area (Å²) >= 11 is 0. The molecular formula is C13H15FN5O4+. The molecule has 1 aliphatic rings. The highest BCUT2D eigenvalue weighted by Crippen LogP contribution is 2.26. The maximum Gasteiger partial charge on any atom is 0.351 e. The molecule has 1 aromatic heterocycles. The number of carbonyl (C=O) groups is 1. The number of hydrogen-bond acceptors (Lipinski definition) is 6. The number of hydrogen-bond donors (Lipinski definition) is 3. The summed E-state index contributed by atoms with van der Waals surface area (Å²) in [4.78, 5) is 25.3. The second-order valence-corrected chi connectivity index (χ2v) is 5.10. The van der Waals surface area contributed by atoms with Crippen LogP contribution in [0.5, 0.6) is 0 Å². The highest BCUT2D eigenvalue weighted by atomic mass is 19.1. The molecule has 0 saturated carbocycles. The monoisotopic (exact) mass is 324 g/mol. The van der Waals surface area contributed by atoms with Crippen LogP contribution in [0.25, 0.3) is 11.0 Å². The van der Waals surface area contributed by atoms with Gasteiger partial charge in [0.2, 0.25) is 11.2 Å². The number of ether oxygens (including phenoxy) is 1. The Labute approximate surface area is 129 Å². The smallest absolute Gasteiger partial charge is 0.351 e. The molecule has 10 heteroatoms. The van der Waals surface area contributed by atoms with E-state index in [4.69, 9.17) is 16.2 Å². The van der Waals surface area contributed by atoms with Gasteiger partial charge in [-0.3, -0.25) is 10.5 Å². The summed E-state index contributed by atoms with van der Waals surface area (Å²) in [5, 5.41) is 10.0. The van der Waals surface area contributed by atoms with Crippen LogP contribution in [0.3, 0.4) is 0 Å². The Morgan fingerprint density at radius 1 is 1.35 bits per heavy atom. The number of amides is 1. The molecule has 2 aromatic rings. The van der Waals surface area contributed by atoms with E-state index in [-0.39, 0.29) is 21.1 Å². The lowest BCUT2D eigenvalue weighted by Gasteiger charge is -2.29. The third-order valence-corrected chi connectivity index (χ3v) is 3.75. The highest BCUT2D eigenvalue weighted by molar-refractivity contribution is 5.96. The van der Waals surface area contributed by atoms with Crippen molar-refractivity contribution in [2.24, 2.45) is 5.73 Å². The van der Waals surface area contributed by atoms with Crippen LogP contribution >= 0.6 is 0 Å². The Morgan fingerprint density at radius 3 is 2.61 bits per heavy atom. The maximum absolute atomic E-state index is 14.4. The fourth-order valence-electron chi connectivity index (χ4n) is 2.60. The number of nitrogens with zero attached hydrogens (tertiary/aromatic N) is 3. The minimum absolute atomic E-state index is 0.0853. The molecule has 2 heterocycles. The van der Waals surface area contributed by atoms with Gasteiger partial charge >= 0.3 is 5.82 Å². The van der Waals surface area contributed by atoms with Crippen LogP contribution in [0.15, 0.2) is 12.1 Å². The summed E-state index contributed by atoms with van der Waals surface area (Å²) in [7, 11) is 0.